The van der Waals surface area contributed by atoms with Crippen molar-refractivity contribution in [1.82, 2.24) is 0 Å². The number of esters is 2. The van der Waals surface area contributed by atoms with Gasteiger partial charge in [0.05, 0.1) is 18.1 Å². The van der Waals surface area contributed by atoms with Crippen molar-refractivity contribution in [2.45, 2.75) is 32.3 Å². The van der Waals surface area contributed by atoms with Crippen molar-refractivity contribution >= 4 is 17.7 Å². The van der Waals surface area contributed by atoms with Gasteiger partial charge in [0.15, 0.2) is 11.9 Å². The standard InChI is InChI=1S/C16H18O5/c1-2-20-15(18)12-8-9-13(17)14(10-12)21-16(19)11-6-4-3-5-7-11/h3-7,12,14H,2,8-10H2,1H3. The molecule has 0 heterocycles. The lowest BCUT2D eigenvalue weighted by molar-refractivity contribution is -0.152. The third-order valence-corrected chi connectivity index (χ3v) is 3.48. The van der Waals surface area contributed by atoms with E-state index in [-0.39, 0.29) is 30.5 Å². The van der Waals surface area contributed by atoms with E-state index in [9.17, 15) is 14.4 Å². The normalized spacial score (nSPS) is 21.7. The van der Waals surface area contributed by atoms with E-state index < -0.39 is 12.1 Å². The minimum Gasteiger partial charge on any atom is -0.466 e. The molecule has 21 heavy (non-hydrogen) atoms. The predicted octanol–water partition coefficient (Wildman–Crippen LogP) is 2.14. The number of hydrogen-bond donors (Lipinski definition) is 0. The highest BCUT2D eigenvalue weighted by atomic mass is 16.5. The maximum absolute atomic E-state index is 12.0. The molecule has 1 aromatic rings. The molecule has 2 atom stereocenters. The number of ether oxygens (including phenoxy) is 2. The molecule has 0 spiro atoms. The Hall–Kier alpha value is -2.17. The van der Waals surface area contributed by atoms with Gasteiger partial charge < -0.3 is 9.47 Å². The number of Topliss-reactive ketones (excluding diaryl/α,β-unsaturated/α-hetero) is 1. The number of ketones is 1. The molecule has 0 bridgehead atoms. The summed E-state index contributed by atoms with van der Waals surface area (Å²) < 4.78 is 10.2. The summed E-state index contributed by atoms with van der Waals surface area (Å²) in [6.45, 7) is 2.04. The summed E-state index contributed by atoms with van der Waals surface area (Å²) >= 11 is 0. The summed E-state index contributed by atoms with van der Waals surface area (Å²) in [6, 6.07) is 8.48. The molecule has 0 amide bonds. The summed E-state index contributed by atoms with van der Waals surface area (Å²) in [5.41, 5.74) is 0.392. The second kappa shape index (κ2) is 7.02. The summed E-state index contributed by atoms with van der Waals surface area (Å²) in [5, 5.41) is 0. The quantitative estimate of drug-likeness (QED) is 0.795. The van der Waals surface area contributed by atoms with Crippen LogP contribution in [0.4, 0.5) is 0 Å². The van der Waals surface area contributed by atoms with E-state index in [1.54, 1.807) is 37.3 Å². The van der Waals surface area contributed by atoms with Crippen LogP contribution in [0.1, 0.15) is 36.5 Å². The van der Waals surface area contributed by atoms with E-state index in [0.29, 0.717) is 18.6 Å². The molecule has 1 fully saturated rings. The average molecular weight is 290 g/mol. The number of carbonyl (C=O) groups excluding carboxylic acids is 3. The van der Waals surface area contributed by atoms with Gasteiger partial charge in [-0.1, -0.05) is 18.2 Å². The maximum atomic E-state index is 12.0. The molecular formula is C16H18O5. The van der Waals surface area contributed by atoms with Crippen molar-refractivity contribution in [3.05, 3.63) is 35.9 Å². The van der Waals surface area contributed by atoms with Crippen LogP contribution in [-0.2, 0) is 19.1 Å². The van der Waals surface area contributed by atoms with Crippen LogP contribution in [0.2, 0.25) is 0 Å². The van der Waals surface area contributed by atoms with Crippen LogP contribution in [-0.4, -0.2) is 30.4 Å². The molecule has 0 aliphatic heterocycles. The van der Waals surface area contributed by atoms with Crippen LogP contribution in [0.5, 0.6) is 0 Å². The van der Waals surface area contributed by atoms with E-state index >= 15 is 0 Å². The van der Waals surface area contributed by atoms with Crippen LogP contribution in [0, 0.1) is 5.92 Å². The first-order valence-electron chi connectivity index (χ1n) is 7.07. The fourth-order valence-corrected chi connectivity index (χ4v) is 2.34. The minimum atomic E-state index is -0.860. The number of rotatable bonds is 4. The van der Waals surface area contributed by atoms with Gasteiger partial charge in [-0.2, -0.15) is 0 Å². The zero-order valence-corrected chi connectivity index (χ0v) is 11.9. The lowest BCUT2D eigenvalue weighted by Gasteiger charge is -2.26. The Bertz CT molecular complexity index is 523. The third kappa shape index (κ3) is 3.90. The van der Waals surface area contributed by atoms with E-state index in [1.165, 1.54) is 0 Å². The number of benzene rings is 1. The van der Waals surface area contributed by atoms with Crippen LogP contribution >= 0.6 is 0 Å². The van der Waals surface area contributed by atoms with Crippen molar-refractivity contribution in [3.63, 3.8) is 0 Å². The fraction of sp³-hybridized carbons (Fsp3) is 0.438. The molecule has 112 valence electrons. The van der Waals surface area contributed by atoms with Crippen molar-refractivity contribution in [2.24, 2.45) is 5.92 Å². The van der Waals surface area contributed by atoms with Crippen molar-refractivity contribution < 1.29 is 23.9 Å². The van der Waals surface area contributed by atoms with Gasteiger partial charge in [-0.05, 0) is 25.5 Å². The topological polar surface area (TPSA) is 69.7 Å². The predicted molar refractivity (Wildman–Crippen MR) is 74.6 cm³/mol. The Labute approximate surface area is 123 Å². The van der Waals surface area contributed by atoms with Gasteiger partial charge in [0.1, 0.15) is 0 Å². The molecule has 0 aromatic heterocycles. The van der Waals surface area contributed by atoms with Gasteiger partial charge in [-0.15, -0.1) is 0 Å². The average Bonchev–Trinajstić information content (AvgIpc) is 2.50. The Morgan fingerprint density at radius 1 is 1.24 bits per heavy atom. The Kier molecular flexibility index (Phi) is 5.09. The number of carbonyl (C=O) groups is 3. The summed E-state index contributed by atoms with van der Waals surface area (Å²) in [5.74, 6) is -1.39. The largest absolute Gasteiger partial charge is 0.466 e. The zero-order valence-electron chi connectivity index (χ0n) is 11.9. The van der Waals surface area contributed by atoms with Crippen LogP contribution in [0.25, 0.3) is 0 Å². The third-order valence-electron chi connectivity index (χ3n) is 3.48. The lowest BCUT2D eigenvalue weighted by atomic mass is 9.86. The summed E-state index contributed by atoms with van der Waals surface area (Å²) in [4.78, 5) is 35.6. The Balaban J connectivity index is 1.99. The van der Waals surface area contributed by atoms with Crippen LogP contribution < -0.4 is 0 Å². The molecule has 1 aliphatic rings. The SMILES string of the molecule is CCOC(=O)C1CCC(=O)C(OC(=O)c2ccccc2)C1. The van der Waals surface area contributed by atoms with E-state index in [4.69, 9.17) is 9.47 Å². The highest BCUT2D eigenvalue weighted by molar-refractivity contribution is 5.93. The van der Waals surface area contributed by atoms with Gasteiger partial charge in [-0.3, -0.25) is 9.59 Å². The number of hydrogen-bond acceptors (Lipinski definition) is 5. The summed E-state index contributed by atoms with van der Waals surface area (Å²) in [6.07, 6.45) is 0.0321. The van der Waals surface area contributed by atoms with Gasteiger partial charge in [0.25, 0.3) is 0 Å². The molecule has 1 aliphatic carbocycles. The minimum absolute atomic E-state index is 0.139. The molecule has 0 N–H and O–H groups in total. The van der Waals surface area contributed by atoms with Gasteiger partial charge >= 0.3 is 11.9 Å². The molecule has 2 unspecified atom stereocenters. The molecule has 1 aromatic carbocycles. The Morgan fingerprint density at radius 3 is 2.62 bits per heavy atom. The second-order valence-corrected chi connectivity index (χ2v) is 4.95. The van der Waals surface area contributed by atoms with Crippen molar-refractivity contribution in [3.8, 4) is 0 Å². The van der Waals surface area contributed by atoms with Gasteiger partial charge in [0, 0.05) is 12.8 Å². The first-order chi connectivity index (χ1) is 10.1. The Morgan fingerprint density at radius 2 is 1.95 bits per heavy atom. The fourth-order valence-electron chi connectivity index (χ4n) is 2.34. The van der Waals surface area contributed by atoms with E-state index in [1.807, 2.05) is 0 Å². The van der Waals surface area contributed by atoms with Crippen molar-refractivity contribution in [1.29, 1.82) is 0 Å². The van der Waals surface area contributed by atoms with E-state index in [0.717, 1.165) is 0 Å². The van der Waals surface area contributed by atoms with Crippen LogP contribution in [0.3, 0.4) is 0 Å². The molecule has 2 rings (SSSR count). The first kappa shape index (κ1) is 15.2. The first-order valence-corrected chi connectivity index (χ1v) is 7.07. The van der Waals surface area contributed by atoms with Crippen LogP contribution in [0.15, 0.2) is 30.3 Å². The molecule has 1 saturated carbocycles. The zero-order chi connectivity index (χ0) is 15.2. The van der Waals surface area contributed by atoms with Gasteiger partial charge in [-0.25, -0.2) is 4.79 Å². The highest BCUT2D eigenvalue weighted by Crippen LogP contribution is 2.26. The molecular weight excluding hydrogens is 272 g/mol. The molecule has 0 radical (unpaired) electrons. The molecule has 0 saturated heterocycles. The second-order valence-electron chi connectivity index (χ2n) is 4.95. The van der Waals surface area contributed by atoms with Crippen molar-refractivity contribution in [2.75, 3.05) is 6.61 Å². The molecule has 5 heteroatoms. The lowest BCUT2D eigenvalue weighted by Crippen LogP contribution is -2.37. The monoisotopic (exact) mass is 290 g/mol. The van der Waals surface area contributed by atoms with Gasteiger partial charge in [0.2, 0.25) is 0 Å². The highest BCUT2D eigenvalue weighted by Gasteiger charge is 2.35. The smallest absolute Gasteiger partial charge is 0.338 e. The molecule has 5 nitrogen and oxygen atoms in total. The maximum Gasteiger partial charge on any atom is 0.338 e. The summed E-state index contributed by atoms with van der Waals surface area (Å²) in [7, 11) is 0. The van der Waals surface area contributed by atoms with E-state index in [2.05, 4.69) is 0 Å².